The molecule has 1 saturated heterocycles. The molecule has 1 aromatic heterocycles. The highest BCUT2D eigenvalue weighted by Crippen LogP contribution is 2.12. The largest absolute Gasteiger partial charge is 0.396 e. The summed E-state index contributed by atoms with van der Waals surface area (Å²) in [7, 11) is 1.75. The van der Waals surface area contributed by atoms with Gasteiger partial charge in [0.2, 0.25) is 0 Å². The van der Waals surface area contributed by atoms with Crippen LogP contribution in [0.5, 0.6) is 0 Å². The first-order valence-electron chi connectivity index (χ1n) is 6.89. The fraction of sp³-hybridized carbons (Fsp3) is 0.692. The molecule has 6 nitrogen and oxygen atoms in total. The summed E-state index contributed by atoms with van der Waals surface area (Å²) in [4.78, 5) is 14.4. The molecule has 1 amide bonds. The number of likely N-dealkylation sites (tertiary alicyclic amines) is 1. The van der Waals surface area contributed by atoms with Gasteiger partial charge in [-0.15, -0.1) is 0 Å². The van der Waals surface area contributed by atoms with Crippen molar-refractivity contribution in [2.45, 2.75) is 32.2 Å². The highest BCUT2D eigenvalue weighted by Gasteiger charge is 2.19. The number of nitrogen functional groups attached to an aromatic ring is 1. The normalized spacial score (nSPS) is 18.2. The Morgan fingerprint density at radius 2 is 2.16 bits per heavy atom. The second-order valence-electron chi connectivity index (χ2n) is 5.26. The van der Waals surface area contributed by atoms with Crippen LogP contribution in [0.4, 0.5) is 5.69 Å². The van der Waals surface area contributed by atoms with Gasteiger partial charge < -0.3 is 11.1 Å². The van der Waals surface area contributed by atoms with Crippen molar-refractivity contribution in [2.75, 3.05) is 25.4 Å². The highest BCUT2D eigenvalue weighted by molar-refractivity contribution is 5.96. The molecule has 106 valence electrons. The lowest BCUT2D eigenvalue weighted by Gasteiger charge is -2.32. The van der Waals surface area contributed by atoms with Gasteiger partial charge in [0.1, 0.15) is 0 Å². The Morgan fingerprint density at radius 3 is 2.74 bits per heavy atom. The number of aromatic nitrogens is 2. The van der Waals surface area contributed by atoms with Gasteiger partial charge >= 0.3 is 0 Å². The summed E-state index contributed by atoms with van der Waals surface area (Å²) >= 11 is 0. The van der Waals surface area contributed by atoms with Crippen LogP contribution in [0, 0.1) is 0 Å². The fourth-order valence-corrected chi connectivity index (χ4v) is 2.50. The number of piperidine rings is 1. The highest BCUT2D eigenvalue weighted by atomic mass is 16.2. The SMILES string of the molecule is CC(CNC(=O)c1nn(C)cc1N)N1CCCCC1. The number of hydrogen-bond donors (Lipinski definition) is 2. The average molecular weight is 265 g/mol. The summed E-state index contributed by atoms with van der Waals surface area (Å²) in [6, 6.07) is 0.356. The third kappa shape index (κ3) is 3.47. The van der Waals surface area contributed by atoms with Crippen LogP contribution in [0.1, 0.15) is 36.7 Å². The maximum atomic E-state index is 12.0. The van der Waals surface area contributed by atoms with Gasteiger partial charge in [0.15, 0.2) is 5.69 Å². The Bertz CT molecular complexity index is 436. The Kier molecular flexibility index (Phi) is 4.42. The van der Waals surface area contributed by atoms with Crippen molar-refractivity contribution in [1.29, 1.82) is 0 Å². The predicted octanol–water partition coefficient (Wildman–Crippen LogP) is 0.607. The van der Waals surface area contributed by atoms with Gasteiger partial charge in [-0.25, -0.2) is 0 Å². The van der Waals surface area contributed by atoms with Crippen LogP contribution in [-0.4, -0.2) is 46.3 Å². The number of anilines is 1. The third-order valence-electron chi connectivity index (χ3n) is 3.64. The Hall–Kier alpha value is -1.56. The zero-order valence-electron chi connectivity index (χ0n) is 11.7. The van der Waals surface area contributed by atoms with E-state index in [2.05, 4.69) is 22.2 Å². The van der Waals surface area contributed by atoms with Crippen LogP contribution < -0.4 is 11.1 Å². The lowest BCUT2D eigenvalue weighted by atomic mass is 10.1. The Morgan fingerprint density at radius 1 is 1.47 bits per heavy atom. The van der Waals surface area contributed by atoms with Crippen LogP contribution in [-0.2, 0) is 7.05 Å². The van der Waals surface area contributed by atoms with Crippen molar-refractivity contribution >= 4 is 11.6 Å². The minimum Gasteiger partial charge on any atom is -0.396 e. The van der Waals surface area contributed by atoms with E-state index in [0.29, 0.717) is 24.0 Å². The standard InChI is InChI=1S/C13H23N5O/c1-10(18-6-4-3-5-7-18)8-15-13(19)12-11(14)9-17(2)16-12/h9-10H,3-8,14H2,1-2H3,(H,15,19). The van der Waals surface area contributed by atoms with E-state index in [0.717, 1.165) is 13.1 Å². The van der Waals surface area contributed by atoms with Gasteiger partial charge in [0.25, 0.3) is 5.91 Å². The van der Waals surface area contributed by atoms with E-state index in [1.54, 1.807) is 17.9 Å². The van der Waals surface area contributed by atoms with E-state index in [-0.39, 0.29) is 5.91 Å². The van der Waals surface area contributed by atoms with E-state index >= 15 is 0 Å². The average Bonchev–Trinajstić information content (AvgIpc) is 2.75. The topological polar surface area (TPSA) is 76.2 Å². The van der Waals surface area contributed by atoms with Crippen molar-refractivity contribution in [3.8, 4) is 0 Å². The molecule has 0 spiro atoms. The summed E-state index contributed by atoms with van der Waals surface area (Å²) in [5.74, 6) is -0.193. The minimum absolute atomic E-state index is 0.193. The Balaban J connectivity index is 1.84. The molecule has 1 aliphatic rings. The van der Waals surface area contributed by atoms with E-state index in [1.807, 2.05) is 0 Å². The maximum absolute atomic E-state index is 12.0. The zero-order chi connectivity index (χ0) is 13.8. The van der Waals surface area contributed by atoms with E-state index in [9.17, 15) is 4.79 Å². The zero-order valence-corrected chi connectivity index (χ0v) is 11.7. The first-order chi connectivity index (χ1) is 9.08. The Labute approximate surface area is 113 Å². The number of rotatable bonds is 4. The first-order valence-corrected chi connectivity index (χ1v) is 6.89. The van der Waals surface area contributed by atoms with Gasteiger partial charge in [0, 0.05) is 25.8 Å². The summed E-state index contributed by atoms with van der Waals surface area (Å²) in [5, 5.41) is 6.98. The van der Waals surface area contributed by atoms with Crippen LogP contribution in [0.3, 0.4) is 0 Å². The number of carbonyl (C=O) groups excluding carboxylic acids is 1. The van der Waals surface area contributed by atoms with Gasteiger partial charge in [-0.1, -0.05) is 6.42 Å². The molecule has 2 heterocycles. The van der Waals surface area contributed by atoms with E-state index in [4.69, 9.17) is 5.73 Å². The quantitative estimate of drug-likeness (QED) is 0.836. The van der Waals surface area contributed by atoms with Crippen molar-refractivity contribution in [3.63, 3.8) is 0 Å². The molecule has 1 fully saturated rings. The molecule has 19 heavy (non-hydrogen) atoms. The third-order valence-corrected chi connectivity index (χ3v) is 3.64. The summed E-state index contributed by atoms with van der Waals surface area (Å²) < 4.78 is 1.55. The van der Waals surface area contributed by atoms with Crippen molar-refractivity contribution in [1.82, 2.24) is 20.0 Å². The van der Waals surface area contributed by atoms with Crippen LogP contribution in [0.2, 0.25) is 0 Å². The smallest absolute Gasteiger partial charge is 0.273 e. The number of aryl methyl sites for hydroxylation is 1. The van der Waals surface area contributed by atoms with Crippen molar-refractivity contribution in [3.05, 3.63) is 11.9 Å². The number of nitrogens with two attached hydrogens (primary N) is 1. The number of amides is 1. The van der Waals surface area contributed by atoms with Crippen LogP contribution in [0.15, 0.2) is 6.20 Å². The molecular weight excluding hydrogens is 242 g/mol. The van der Waals surface area contributed by atoms with Crippen LogP contribution >= 0.6 is 0 Å². The number of nitrogens with one attached hydrogen (secondary N) is 1. The molecule has 0 aromatic carbocycles. The molecule has 2 rings (SSSR count). The molecule has 1 unspecified atom stereocenters. The maximum Gasteiger partial charge on any atom is 0.273 e. The molecule has 0 saturated carbocycles. The molecule has 1 aliphatic heterocycles. The second-order valence-corrected chi connectivity index (χ2v) is 5.26. The minimum atomic E-state index is -0.193. The molecule has 1 aromatic rings. The molecule has 6 heteroatoms. The van der Waals surface area contributed by atoms with Gasteiger partial charge in [-0.3, -0.25) is 14.4 Å². The van der Waals surface area contributed by atoms with Crippen molar-refractivity contribution < 1.29 is 4.79 Å². The van der Waals surface area contributed by atoms with Gasteiger partial charge in [0.05, 0.1) is 5.69 Å². The summed E-state index contributed by atoms with van der Waals surface area (Å²) in [6.45, 7) is 5.04. The summed E-state index contributed by atoms with van der Waals surface area (Å²) in [5.41, 5.74) is 6.47. The molecule has 0 bridgehead atoms. The van der Waals surface area contributed by atoms with Gasteiger partial charge in [-0.05, 0) is 32.9 Å². The number of hydrogen-bond acceptors (Lipinski definition) is 4. The molecule has 1 atom stereocenters. The second kappa shape index (κ2) is 6.06. The molecule has 0 radical (unpaired) electrons. The number of carbonyl (C=O) groups is 1. The van der Waals surface area contributed by atoms with Crippen molar-refractivity contribution in [2.24, 2.45) is 7.05 Å². The lowest BCUT2D eigenvalue weighted by molar-refractivity contribution is 0.0925. The van der Waals surface area contributed by atoms with Gasteiger partial charge in [-0.2, -0.15) is 5.10 Å². The molecular formula is C13H23N5O. The van der Waals surface area contributed by atoms with E-state index in [1.165, 1.54) is 19.3 Å². The first kappa shape index (κ1) is 13.9. The van der Waals surface area contributed by atoms with Crippen LogP contribution in [0.25, 0.3) is 0 Å². The molecule has 0 aliphatic carbocycles. The monoisotopic (exact) mass is 265 g/mol. The summed E-state index contributed by atoms with van der Waals surface area (Å²) in [6.07, 6.45) is 5.47. The molecule has 3 N–H and O–H groups in total. The van der Waals surface area contributed by atoms with E-state index < -0.39 is 0 Å². The number of nitrogens with zero attached hydrogens (tertiary/aromatic N) is 3. The lowest BCUT2D eigenvalue weighted by Crippen LogP contribution is -2.44. The predicted molar refractivity (Wildman–Crippen MR) is 74.8 cm³/mol. The fourth-order valence-electron chi connectivity index (χ4n) is 2.50.